The molecule has 2 aromatic heterocycles. The summed E-state index contributed by atoms with van der Waals surface area (Å²) in [6.07, 6.45) is 4.45. The Morgan fingerprint density at radius 3 is 2.88 bits per heavy atom. The fourth-order valence-corrected chi connectivity index (χ4v) is 2.56. The van der Waals surface area contributed by atoms with E-state index in [1.165, 1.54) is 39.5 Å². The van der Waals surface area contributed by atoms with Crippen molar-refractivity contribution in [3.05, 3.63) is 41.7 Å². The summed E-state index contributed by atoms with van der Waals surface area (Å²) in [6, 6.07) is 8.53. The third-order valence-corrected chi connectivity index (χ3v) is 3.38. The van der Waals surface area contributed by atoms with Gasteiger partial charge >= 0.3 is 0 Å². The summed E-state index contributed by atoms with van der Waals surface area (Å²) in [5.74, 6) is 0. The van der Waals surface area contributed by atoms with Gasteiger partial charge in [0.2, 0.25) is 5.69 Å². The van der Waals surface area contributed by atoms with E-state index in [9.17, 15) is 0 Å². The first kappa shape index (κ1) is 10.3. The van der Waals surface area contributed by atoms with Crippen molar-refractivity contribution in [1.29, 1.82) is 0 Å². The molecule has 0 spiro atoms. The van der Waals surface area contributed by atoms with Crippen LogP contribution < -0.4 is 4.98 Å². The lowest BCUT2D eigenvalue weighted by atomic mass is 10.0. The van der Waals surface area contributed by atoms with E-state index < -0.39 is 0 Å². The average Bonchev–Trinajstić information content (AvgIpc) is 2.73. The van der Waals surface area contributed by atoms with Crippen LogP contribution in [0.15, 0.2) is 30.5 Å². The van der Waals surface area contributed by atoms with Gasteiger partial charge in [-0.15, -0.1) is 0 Å². The summed E-state index contributed by atoms with van der Waals surface area (Å²) in [7, 11) is 0. The highest BCUT2D eigenvalue weighted by Crippen LogP contribution is 2.28. The van der Waals surface area contributed by atoms with Gasteiger partial charge in [-0.2, -0.15) is 0 Å². The first-order valence-corrected chi connectivity index (χ1v) is 6.22. The van der Waals surface area contributed by atoms with Gasteiger partial charge in [-0.1, -0.05) is 31.5 Å². The zero-order chi connectivity index (χ0) is 11.8. The first-order chi connectivity index (χ1) is 8.31. The molecule has 0 aliphatic carbocycles. The summed E-state index contributed by atoms with van der Waals surface area (Å²) < 4.78 is 0. The van der Waals surface area contributed by atoms with Crippen LogP contribution in [0.1, 0.15) is 24.6 Å². The number of rotatable bonds is 2. The molecular formula is C15H17N2+. The molecule has 3 aromatic rings. The van der Waals surface area contributed by atoms with Gasteiger partial charge in [-0.3, -0.25) is 0 Å². The van der Waals surface area contributed by atoms with Crippen molar-refractivity contribution in [2.45, 2.75) is 26.7 Å². The van der Waals surface area contributed by atoms with E-state index in [0.29, 0.717) is 0 Å². The predicted octanol–water partition coefficient (Wildman–Crippen LogP) is 3.40. The number of fused-ring (bicyclic) bond motifs is 3. The molecule has 2 heteroatoms. The van der Waals surface area contributed by atoms with Crippen molar-refractivity contribution in [1.82, 2.24) is 4.98 Å². The maximum absolute atomic E-state index is 3.51. The maximum atomic E-state index is 3.51. The summed E-state index contributed by atoms with van der Waals surface area (Å²) in [4.78, 5) is 6.87. The van der Waals surface area contributed by atoms with Crippen LogP contribution in [0.3, 0.4) is 0 Å². The van der Waals surface area contributed by atoms with E-state index >= 15 is 0 Å². The van der Waals surface area contributed by atoms with Crippen LogP contribution in [0.2, 0.25) is 0 Å². The molecule has 3 rings (SSSR count). The molecule has 0 unspecified atom stereocenters. The second-order valence-corrected chi connectivity index (χ2v) is 4.61. The molecule has 2 nitrogen and oxygen atoms in total. The van der Waals surface area contributed by atoms with Crippen LogP contribution in [0.4, 0.5) is 0 Å². The molecule has 0 saturated carbocycles. The Kier molecular flexibility index (Phi) is 2.36. The van der Waals surface area contributed by atoms with Crippen molar-refractivity contribution in [3.63, 3.8) is 0 Å². The molecule has 17 heavy (non-hydrogen) atoms. The van der Waals surface area contributed by atoms with Crippen LogP contribution in [0.5, 0.6) is 0 Å². The molecule has 86 valence electrons. The van der Waals surface area contributed by atoms with Crippen molar-refractivity contribution in [2.24, 2.45) is 0 Å². The average molecular weight is 225 g/mol. The van der Waals surface area contributed by atoms with Crippen LogP contribution in [-0.2, 0) is 6.42 Å². The van der Waals surface area contributed by atoms with Gasteiger partial charge in [-0.25, -0.2) is 4.98 Å². The number of nitrogens with one attached hydrogen (secondary N) is 2. The molecule has 0 radical (unpaired) electrons. The van der Waals surface area contributed by atoms with Crippen molar-refractivity contribution >= 4 is 21.8 Å². The van der Waals surface area contributed by atoms with E-state index in [2.05, 4.69) is 54.3 Å². The number of aryl methyl sites for hydroxylation is 2. The normalized spacial score (nSPS) is 11.4. The monoisotopic (exact) mass is 225 g/mol. The maximum Gasteiger partial charge on any atom is 0.200 e. The fourth-order valence-electron chi connectivity index (χ4n) is 2.56. The minimum Gasteiger partial charge on any atom is -0.349 e. The minimum absolute atomic E-state index is 1.12. The largest absolute Gasteiger partial charge is 0.349 e. The molecule has 0 fully saturated rings. The fraction of sp³-hybridized carbons (Fsp3) is 0.267. The van der Waals surface area contributed by atoms with Gasteiger partial charge in [0.25, 0.3) is 0 Å². The van der Waals surface area contributed by atoms with Crippen molar-refractivity contribution in [3.8, 4) is 0 Å². The summed E-state index contributed by atoms with van der Waals surface area (Å²) >= 11 is 0. The number of hydrogen-bond acceptors (Lipinski definition) is 0. The Hall–Kier alpha value is -1.83. The lowest BCUT2D eigenvalue weighted by molar-refractivity contribution is -0.386. The first-order valence-electron chi connectivity index (χ1n) is 6.22. The van der Waals surface area contributed by atoms with Gasteiger partial charge < -0.3 is 4.98 Å². The van der Waals surface area contributed by atoms with Crippen molar-refractivity contribution < 1.29 is 4.98 Å². The Bertz CT molecular complexity index is 680. The highest BCUT2D eigenvalue weighted by molar-refractivity contribution is 6.09. The number of hydrogen-bond donors (Lipinski definition) is 1. The summed E-state index contributed by atoms with van der Waals surface area (Å²) in [5.41, 5.74) is 5.08. The lowest BCUT2D eigenvalue weighted by Crippen LogP contribution is -2.09. The Labute approximate surface area is 101 Å². The Balaban J connectivity index is 2.47. The zero-order valence-corrected chi connectivity index (χ0v) is 10.3. The van der Waals surface area contributed by atoms with Crippen LogP contribution in [-0.4, -0.2) is 4.98 Å². The van der Waals surface area contributed by atoms with E-state index in [-0.39, 0.29) is 0 Å². The zero-order valence-electron chi connectivity index (χ0n) is 10.3. The SMILES string of the molecule is CCCc1c[nH+]c(C)c2[nH]c3ccccc3c12. The smallest absolute Gasteiger partial charge is 0.200 e. The van der Waals surface area contributed by atoms with Gasteiger partial charge in [0.1, 0.15) is 5.52 Å². The quantitative estimate of drug-likeness (QED) is 0.693. The lowest BCUT2D eigenvalue weighted by Gasteiger charge is -1.99. The minimum atomic E-state index is 1.12. The van der Waals surface area contributed by atoms with Crippen LogP contribution >= 0.6 is 0 Å². The van der Waals surface area contributed by atoms with Crippen LogP contribution in [0.25, 0.3) is 21.8 Å². The summed E-state index contributed by atoms with van der Waals surface area (Å²) in [5, 5.41) is 2.72. The van der Waals surface area contributed by atoms with E-state index in [0.717, 1.165) is 6.42 Å². The third-order valence-electron chi connectivity index (χ3n) is 3.38. The predicted molar refractivity (Wildman–Crippen MR) is 71.1 cm³/mol. The molecule has 0 aliphatic heterocycles. The van der Waals surface area contributed by atoms with Gasteiger partial charge in [0, 0.05) is 28.8 Å². The topological polar surface area (TPSA) is 29.9 Å². The summed E-state index contributed by atoms with van der Waals surface area (Å²) in [6.45, 7) is 4.34. The molecule has 0 aliphatic rings. The van der Waals surface area contributed by atoms with Crippen molar-refractivity contribution in [2.75, 3.05) is 0 Å². The van der Waals surface area contributed by atoms with E-state index in [1.54, 1.807) is 0 Å². The molecule has 1 aromatic carbocycles. The number of aromatic nitrogens is 2. The number of para-hydroxylation sites is 1. The van der Waals surface area contributed by atoms with Gasteiger partial charge in [0.15, 0.2) is 6.20 Å². The number of aromatic amines is 2. The Morgan fingerprint density at radius 2 is 2.06 bits per heavy atom. The number of pyridine rings is 1. The Morgan fingerprint density at radius 1 is 1.24 bits per heavy atom. The highest BCUT2D eigenvalue weighted by atomic mass is 14.8. The second-order valence-electron chi connectivity index (χ2n) is 4.61. The van der Waals surface area contributed by atoms with Crippen LogP contribution in [0, 0.1) is 6.92 Å². The number of benzene rings is 1. The highest BCUT2D eigenvalue weighted by Gasteiger charge is 2.14. The molecule has 2 N–H and O–H groups in total. The molecule has 0 amide bonds. The molecule has 2 heterocycles. The molecular weight excluding hydrogens is 208 g/mol. The molecule has 0 atom stereocenters. The molecule has 0 saturated heterocycles. The van der Waals surface area contributed by atoms with Gasteiger partial charge in [-0.05, 0) is 12.5 Å². The van der Waals surface area contributed by atoms with Gasteiger partial charge in [0.05, 0.1) is 0 Å². The standard InChI is InChI=1S/C15H16N2/c1-3-6-11-9-16-10(2)15-14(11)12-7-4-5-8-13(12)17-15/h4-5,7-9,17H,3,6H2,1-2H3/p+1. The van der Waals surface area contributed by atoms with E-state index in [4.69, 9.17) is 0 Å². The third kappa shape index (κ3) is 1.52. The molecule has 0 bridgehead atoms. The second kappa shape index (κ2) is 3.88. The number of H-pyrrole nitrogens is 2. The van der Waals surface area contributed by atoms with E-state index in [1.807, 2.05) is 0 Å².